The van der Waals surface area contributed by atoms with Gasteiger partial charge in [0.05, 0.1) is 19.1 Å². The molecule has 1 aromatic carbocycles. The summed E-state index contributed by atoms with van der Waals surface area (Å²) in [4.78, 5) is 27.5. The summed E-state index contributed by atoms with van der Waals surface area (Å²) in [5.74, 6) is -0.317. The molecule has 7 heteroatoms. The molecule has 3 rings (SSSR count). The SMILES string of the molecule is N=C(N)c1ccc(CN(C(=O)CNC2CCCCCCC2)C(=O)[C@@H]2CCCN2)cc1. The summed E-state index contributed by atoms with van der Waals surface area (Å²) in [5, 5.41) is 14.2. The fourth-order valence-corrected chi connectivity index (χ4v) is 4.33. The zero-order valence-corrected chi connectivity index (χ0v) is 17.8. The van der Waals surface area contributed by atoms with Gasteiger partial charge in [-0.3, -0.25) is 19.9 Å². The molecular weight excluding hydrogens is 378 g/mol. The van der Waals surface area contributed by atoms with Gasteiger partial charge in [0.2, 0.25) is 11.8 Å². The Morgan fingerprint density at radius 2 is 1.70 bits per heavy atom. The van der Waals surface area contributed by atoms with Crippen LogP contribution in [0.5, 0.6) is 0 Å². The van der Waals surface area contributed by atoms with Crippen LogP contribution in [0, 0.1) is 5.41 Å². The number of imide groups is 1. The third-order valence-electron chi connectivity index (χ3n) is 6.18. The van der Waals surface area contributed by atoms with Crippen LogP contribution in [0.1, 0.15) is 68.9 Å². The Labute approximate surface area is 179 Å². The smallest absolute Gasteiger partial charge is 0.246 e. The van der Waals surface area contributed by atoms with Crippen molar-refractivity contribution >= 4 is 17.6 Å². The number of benzene rings is 1. The number of nitrogens with two attached hydrogens (primary N) is 1. The summed E-state index contributed by atoms with van der Waals surface area (Å²) >= 11 is 0. The summed E-state index contributed by atoms with van der Waals surface area (Å²) in [7, 11) is 0. The van der Waals surface area contributed by atoms with Crippen molar-refractivity contribution in [3.8, 4) is 0 Å². The molecule has 1 aliphatic heterocycles. The molecule has 1 atom stereocenters. The normalized spacial score (nSPS) is 20.3. The van der Waals surface area contributed by atoms with Gasteiger partial charge in [-0.25, -0.2) is 0 Å². The average Bonchev–Trinajstić information content (AvgIpc) is 3.26. The fourth-order valence-electron chi connectivity index (χ4n) is 4.33. The third kappa shape index (κ3) is 6.37. The lowest BCUT2D eigenvalue weighted by molar-refractivity contribution is -0.146. The van der Waals surface area contributed by atoms with E-state index in [2.05, 4.69) is 10.6 Å². The molecule has 1 saturated carbocycles. The van der Waals surface area contributed by atoms with Crippen LogP contribution in [0.2, 0.25) is 0 Å². The average molecular weight is 414 g/mol. The number of nitrogen functional groups attached to an aromatic ring is 1. The van der Waals surface area contributed by atoms with Crippen LogP contribution in [0.3, 0.4) is 0 Å². The van der Waals surface area contributed by atoms with Crippen LogP contribution in [0.25, 0.3) is 0 Å². The minimum atomic E-state index is -0.285. The van der Waals surface area contributed by atoms with E-state index in [1.165, 1.54) is 37.0 Å². The van der Waals surface area contributed by atoms with Crippen LogP contribution in [0.15, 0.2) is 24.3 Å². The monoisotopic (exact) mass is 413 g/mol. The fraction of sp³-hybridized carbons (Fsp3) is 0.609. The quantitative estimate of drug-likeness (QED) is 0.405. The van der Waals surface area contributed by atoms with E-state index in [1.807, 2.05) is 12.1 Å². The molecular formula is C23H35N5O2. The molecule has 5 N–H and O–H groups in total. The van der Waals surface area contributed by atoms with Gasteiger partial charge < -0.3 is 16.4 Å². The van der Waals surface area contributed by atoms with E-state index in [1.54, 1.807) is 12.1 Å². The topological polar surface area (TPSA) is 111 Å². The van der Waals surface area contributed by atoms with Gasteiger partial charge >= 0.3 is 0 Å². The maximum atomic E-state index is 13.1. The van der Waals surface area contributed by atoms with Gasteiger partial charge in [-0.1, -0.05) is 56.4 Å². The predicted octanol–water partition coefficient (Wildman–Crippen LogP) is 2.28. The van der Waals surface area contributed by atoms with E-state index in [-0.39, 0.29) is 36.8 Å². The summed E-state index contributed by atoms with van der Waals surface area (Å²) in [6, 6.07) is 7.23. The molecule has 2 fully saturated rings. The zero-order chi connectivity index (χ0) is 21.3. The molecule has 2 amide bonds. The number of nitrogens with zero attached hydrogens (tertiary/aromatic N) is 1. The number of hydrogen-bond donors (Lipinski definition) is 4. The highest BCUT2D eigenvalue weighted by molar-refractivity contribution is 5.99. The van der Waals surface area contributed by atoms with E-state index < -0.39 is 0 Å². The van der Waals surface area contributed by atoms with E-state index in [4.69, 9.17) is 11.1 Å². The highest BCUT2D eigenvalue weighted by Gasteiger charge is 2.31. The lowest BCUT2D eigenvalue weighted by Gasteiger charge is -2.26. The maximum absolute atomic E-state index is 13.1. The molecule has 1 aliphatic carbocycles. The molecule has 1 heterocycles. The van der Waals surface area contributed by atoms with Crippen molar-refractivity contribution in [2.75, 3.05) is 13.1 Å². The van der Waals surface area contributed by atoms with Crippen molar-refractivity contribution in [2.24, 2.45) is 5.73 Å². The van der Waals surface area contributed by atoms with Crippen LogP contribution >= 0.6 is 0 Å². The Kier molecular flexibility index (Phi) is 8.39. The minimum absolute atomic E-state index is 0.00381. The Balaban J connectivity index is 1.65. The van der Waals surface area contributed by atoms with E-state index in [9.17, 15) is 9.59 Å². The zero-order valence-electron chi connectivity index (χ0n) is 17.8. The Bertz CT molecular complexity index is 720. The summed E-state index contributed by atoms with van der Waals surface area (Å²) in [6.07, 6.45) is 10.1. The lowest BCUT2D eigenvalue weighted by atomic mass is 9.97. The second-order valence-corrected chi connectivity index (χ2v) is 8.50. The van der Waals surface area contributed by atoms with Gasteiger partial charge in [0.25, 0.3) is 0 Å². The minimum Gasteiger partial charge on any atom is -0.384 e. The Hall–Kier alpha value is -2.25. The highest BCUT2D eigenvalue weighted by atomic mass is 16.2. The second kappa shape index (κ2) is 11.2. The maximum Gasteiger partial charge on any atom is 0.246 e. The molecule has 0 bridgehead atoms. The lowest BCUT2D eigenvalue weighted by Crippen LogP contribution is -2.49. The highest BCUT2D eigenvalue weighted by Crippen LogP contribution is 2.17. The van der Waals surface area contributed by atoms with Gasteiger partial charge in [-0.05, 0) is 37.8 Å². The summed E-state index contributed by atoms with van der Waals surface area (Å²) in [6.45, 7) is 1.24. The number of rotatable bonds is 7. The molecule has 1 saturated heterocycles. The first kappa shape index (κ1) is 22.4. The molecule has 7 nitrogen and oxygen atoms in total. The summed E-state index contributed by atoms with van der Waals surface area (Å²) in [5.41, 5.74) is 7.01. The number of carbonyl (C=O) groups is 2. The van der Waals surface area contributed by atoms with Gasteiger partial charge in [0, 0.05) is 11.6 Å². The van der Waals surface area contributed by atoms with Crippen molar-refractivity contribution in [3.05, 3.63) is 35.4 Å². The van der Waals surface area contributed by atoms with E-state index >= 15 is 0 Å². The standard InChI is InChI=1S/C23H35N5O2/c24-22(25)18-12-10-17(11-13-18)16-28(23(30)20-9-6-14-26-20)21(29)15-27-19-7-4-2-1-3-5-8-19/h10-13,19-20,26-27H,1-9,14-16H2,(H3,24,25)/t20-/m0/s1. The number of amides is 2. The van der Waals surface area contributed by atoms with E-state index in [0.29, 0.717) is 11.6 Å². The van der Waals surface area contributed by atoms with E-state index in [0.717, 1.165) is 37.8 Å². The molecule has 30 heavy (non-hydrogen) atoms. The first-order valence-corrected chi connectivity index (χ1v) is 11.3. The molecule has 0 radical (unpaired) electrons. The largest absolute Gasteiger partial charge is 0.384 e. The van der Waals surface area contributed by atoms with Crippen molar-refractivity contribution in [1.82, 2.24) is 15.5 Å². The first-order valence-electron chi connectivity index (χ1n) is 11.3. The van der Waals surface area contributed by atoms with Crippen molar-refractivity contribution in [1.29, 1.82) is 5.41 Å². The van der Waals surface area contributed by atoms with Gasteiger partial charge in [0.15, 0.2) is 0 Å². The number of nitrogens with one attached hydrogen (secondary N) is 3. The number of hydrogen-bond acceptors (Lipinski definition) is 5. The van der Waals surface area contributed by atoms with Gasteiger partial charge in [0.1, 0.15) is 5.84 Å². The van der Waals surface area contributed by atoms with Crippen molar-refractivity contribution in [2.45, 2.75) is 76.4 Å². The number of carbonyl (C=O) groups excluding carboxylic acids is 2. The third-order valence-corrected chi connectivity index (χ3v) is 6.18. The van der Waals surface area contributed by atoms with Crippen LogP contribution in [-0.2, 0) is 16.1 Å². The van der Waals surface area contributed by atoms with Crippen LogP contribution < -0.4 is 16.4 Å². The molecule has 0 spiro atoms. The molecule has 0 unspecified atom stereocenters. The van der Waals surface area contributed by atoms with Gasteiger partial charge in [-0.2, -0.15) is 0 Å². The van der Waals surface area contributed by atoms with Crippen molar-refractivity contribution in [3.63, 3.8) is 0 Å². The van der Waals surface area contributed by atoms with Crippen molar-refractivity contribution < 1.29 is 9.59 Å². The molecule has 1 aromatic rings. The van der Waals surface area contributed by atoms with Gasteiger partial charge in [-0.15, -0.1) is 0 Å². The Morgan fingerprint density at radius 3 is 2.30 bits per heavy atom. The van der Waals surface area contributed by atoms with Crippen LogP contribution in [0.4, 0.5) is 0 Å². The second-order valence-electron chi connectivity index (χ2n) is 8.50. The molecule has 164 valence electrons. The predicted molar refractivity (Wildman–Crippen MR) is 118 cm³/mol. The van der Waals surface area contributed by atoms with Crippen LogP contribution in [-0.4, -0.2) is 47.7 Å². The first-order chi connectivity index (χ1) is 14.5. The summed E-state index contributed by atoms with van der Waals surface area (Å²) < 4.78 is 0. The molecule has 2 aliphatic rings. The molecule has 0 aromatic heterocycles. The number of amidine groups is 1. The Morgan fingerprint density at radius 1 is 1.03 bits per heavy atom.